The van der Waals surface area contributed by atoms with Crippen molar-refractivity contribution < 1.29 is 18.7 Å². The Hall–Kier alpha value is -2.89. The number of ether oxygens (including phenoxy) is 1. The molecule has 0 bridgehead atoms. The number of benzene rings is 2. The molecule has 0 saturated heterocycles. The van der Waals surface area contributed by atoms with Gasteiger partial charge in [-0.2, -0.15) is 0 Å². The number of hydrogen-bond acceptors (Lipinski definition) is 3. The lowest BCUT2D eigenvalue weighted by Gasteiger charge is -2.27. The standard InChI is InChI=1S/C23H27FN2O3/c1-15(2)29-21-13-11-20(12-14-21)26-23(28)17-5-3-16(4-6-17)22(27)25-19-9-7-18(24)8-10-19/h7-17H,3-6H2,1-2H3,(H,25,27)(H,26,28). The van der Waals surface area contributed by atoms with E-state index in [1.165, 1.54) is 12.1 Å². The van der Waals surface area contributed by atoms with Crippen molar-refractivity contribution in [2.45, 2.75) is 45.6 Å². The van der Waals surface area contributed by atoms with Gasteiger partial charge in [0, 0.05) is 23.2 Å². The maximum Gasteiger partial charge on any atom is 0.227 e. The molecule has 0 atom stereocenters. The number of amides is 2. The second-order valence-electron chi connectivity index (χ2n) is 7.72. The van der Waals surface area contributed by atoms with Gasteiger partial charge in [0.25, 0.3) is 0 Å². The van der Waals surface area contributed by atoms with Crippen molar-refractivity contribution in [2.75, 3.05) is 10.6 Å². The van der Waals surface area contributed by atoms with Crippen molar-refractivity contribution in [3.63, 3.8) is 0 Å². The number of anilines is 2. The van der Waals surface area contributed by atoms with Crippen molar-refractivity contribution in [1.29, 1.82) is 0 Å². The van der Waals surface area contributed by atoms with Crippen LogP contribution in [0.4, 0.5) is 15.8 Å². The molecule has 29 heavy (non-hydrogen) atoms. The minimum Gasteiger partial charge on any atom is -0.491 e. The lowest BCUT2D eigenvalue weighted by atomic mass is 9.81. The first-order valence-electron chi connectivity index (χ1n) is 10.0. The van der Waals surface area contributed by atoms with Crippen molar-refractivity contribution in [3.8, 4) is 5.75 Å². The molecule has 3 rings (SSSR count). The Labute approximate surface area is 170 Å². The van der Waals surface area contributed by atoms with Gasteiger partial charge in [-0.05, 0) is 88.1 Å². The van der Waals surface area contributed by atoms with Gasteiger partial charge in [0.05, 0.1) is 6.10 Å². The maximum atomic E-state index is 13.0. The molecule has 0 spiro atoms. The van der Waals surface area contributed by atoms with Gasteiger partial charge in [0.2, 0.25) is 11.8 Å². The van der Waals surface area contributed by atoms with Crippen molar-refractivity contribution in [3.05, 3.63) is 54.3 Å². The number of carbonyl (C=O) groups is 2. The summed E-state index contributed by atoms with van der Waals surface area (Å²) in [6.45, 7) is 3.93. The summed E-state index contributed by atoms with van der Waals surface area (Å²) in [6.07, 6.45) is 2.76. The Morgan fingerprint density at radius 1 is 0.828 bits per heavy atom. The molecule has 0 radical (unpaired) electrons. The van der Waals surface area contributed by atoms with Crippen LogP contribution in [0.5, 0.6) is 5.75 Å². The molecule has 1 aliphatic rings. The molecule has 2 amide bonds. The van der Waals surface area contributed by atoms with Gasteiger partial charge >= 0.3 is 0 Å². The predicted molar refractivity (Wildman–Crippen MR) is 111 cm³/mol. The van der Waals surface area contributed by atoms with Crippen LogP contribution >= 0.6 is 0 Å². The molecule has 2 N–H and O–H groups in total. The van der Waals surface area contributed by atoms with Crippen LogP contribution in [0.1, 0.15) is 39.5 Å². The van der Waals surface area contributed by atoms with E-state index in [1.807, 2.05) is 38.1 Å². The Kier molecular flexibility index (Phi) is 6.86. The van der Waals surface area contributed by atoms with Crippen LogP contribution in [0, 0.1) is 17.7 Å². The molecule has 0 aromatic heterocycles. The highest BCUT2D eigenvalue weighted by molar-refractivity contribution is 5.94. The molecular weight excluding hydrogens is 371 g/mol. The molecule has 1 saturated carbocycles. The SMILES string of the molecule is CC(C)Oc1ccc(NC(=O)C2CCC(C(=O)Nc3ccc(F)cc3)CC2)cc1. The number of hydrogen-bond donors (Lipinski definition) is 2. The van der Waals surface area contributed by atoms with Gasteiger partial charge < -0.3 is 15.4 Å². The van der Waals surface area contributed by atoms with Gasteiger partial charge in [0.1, 0.15) is 11.6 Å². The molecule has 1 fully saturated rings. The van der Waals surface area contributed by atoms with E-state index >= 15 is 0 Å². The zero-order valence-corrected chi connectivity index (χ0v) is 16.8. The van der Waals surface area contributed by atoms with E-state index in [2.05, 4.69) is 10.6 Å². The molecule has 2 aromatic carbocycles. The third-order valence-corrected chi connectivity index (χ3v) is 5.07. The minimum absolute atomic E-state index is 0.0140. The minimum atomic E-state index is -0.336. The van der Waals surface area contributed by atoms with Crippen LogP contribution in [0.25, 0.3) is 0 Å². The molecule has 2 aromatic rings. The Morgan fingerprint density at radius 2 is 1.24 bits per heavy atom. The first-order valence-corrected chi connectivity index (χ1v) is 10.0. The maximum absolute atomic E-state index is 13.0. The van der Waals surface area contributed by atoms with E-state index in [0.29, 0.717) is 31.4 Å². The number of carbonyl (C=O) groups excluding carboxylic acids is 2. The highest BCUT2D eigenvalue weighted by Gasteiger charge is 2.30. The summed E-state index contributed by atoms with van der Waals surface area (Å²) in [7, 11) is 0. The Bertz CT molecular complexity index is 826. The zero-order chi connectivity index (χ0) is 20.8. The van der Waals surface area contributed by atoms with Crippen LogP contribution in [0.2, 0.25) is 0 Å². The fraction of sp³-hybridized carbons (Fsp3) is 0.391. The van der Waals surface area contributed by atoms with Gasteiger partial charge in [0.15, 0.2) is 0 Å². The fourth-order valence-corrected chi connectivity index (χ4v) is 3.53. The second kappa shape index (κ2) is 9.54. The molecule has 6 heteroatoms. The quantitative estimate of drug-likeness (QED) is 0.720. The molecule has 0 heterocycles. The molecule has 1 aliphatic carbocycles. The van der Waals surface area contributed by atoms with Crippen LogP contribution in [0.3, 0.4) is 0 Å². The third-order valence-electron chi connectivity index (χ3n) is 5.07. The van der Waals surface area contributed by atoms with Gasteiger partial charge in [-0.3, -0.25) is 9.59 Å². The summed E-state index contributed by atoms with van der Waals surface area (Å²) in [4.78, 5) is 25.0. The van der Waals surface area contributed by atoms with Crippen molar-refractivity contribution in [1.82, 2.24) is 0 Å². The van der Waals surface area contributed by atoms with Crippen LogP contribution in [-0.2, 0) is 9.59 Å². The molecule has 0 unspecified atom stereocenters. The Morgan fingerprint density at radius 3 is 1.66 bits per heavy atom. The number of halogens is 1. The van der Waals surface area contributed by atoms with Crippen LogP contribution in [0.15, 0.2) is 48.5 Å². The summed E-state index contributed by atoms with van der Waals surface area (Å²) in [5.74, 6) is 0.117. The normalized spacial score (nSPS) is 18.9. The Balaban J connectivity index is 1.46. The smallest absolute Gasteiger partial charge is 0.227 e. The van der Waals surface area contributed by atoms with Gasteiger partial charge in [-0.15, -0.1) is 0 Å². The topological polar surface area (TPSA) is 67.4 Å². The summed E-state index contributed by atoms with van der Waals surface area (Å²) in [6, 6.07) is 13.1. The molecule has 0 aliphatic heterocycles. The largest absolute Gasteiger partial charge is 0.491 e. The lowest BCUT2D eigenvalue weighted by molar-refractivity contribution is -0.125. The van der Waals surface area contributed by atoms with E-state index in [0.717, 1.165) is 11.4 Å². The average molecular weight is 398 g/mol. The summed E-state index contributed by atoms with van der Waals surface area (Å²) in [5, 5.41) is 5.77. The van der Waals surface area contributed by atoms with E-state index in [1.54, 1.807) is 12.1 Å². The summed E-state index contributed by atoms with van der Waals surface area (Å²) < 4.78 is 18.6. The van der Waals surface area contributed by atoms with Crippen LogP contribution < -0.4 is 15.4 Å². The van der Waals surface area contributed by atoms with Crippen LogP contribution in [-0.4, -0.2) is 17.9 Å². The number of nitrogens with one attached hydrogen (secondary N) is 2. The molecule has 5 nitrogen and oxygen atoms in total. The molecular formula is C23H27FN2O3. The van der Waals surface area contributed by atoms with E-state index < -0.39 is 0 Å². The lowest BCUT2D eigenvalue weighted by Crippen LogP contribution is -2.32. The molecule has 154 valence electrons. The van der Waals surface area contributed by atoms with Gasteiger partial charge in [-0.25, -0.2) is 4.39 Å². The first kappa shape index (κ1) is 20.8. The second-order valence-corrected chi connectivity index (χ2v) is 7.72. The van der Waals surface area contributed by atoms with E-state index in [4.69, 9.17) is 4.74 Å². The van der Waals surface area contributed by atoms with Gasteiger partial charge in [-0.1, -0.05) is 0 Å². The van der Waals surface area contributed by atoms with Crippen molar-refractivity contribution in [2.24, 2.45) is 11.8 Å². The fourth-order valence-electron chi connectivity index (χ4n) is 3.53. The van der Waals surface area contributed by atoms with E-state index in [9.17, 15) is 14.0 Å². The summed E-state index contributed by atoms with van der Waals surface area (Å²) in [5.41, 5.74) is 1.32. The monoisotopic (exact) mass is 398 g/mol. The van der Waals surface area contributed by atoms with E-state index in [-0.39, 0.29) is 35.6 Å². The summed E-state index contributed by atoms with van der Waals surface area (Å²) >= 11 is 0. The number of rotatable bonds is 6. The van der Waals surface area contributed by atoms with Crippen molar-refractivity contribution >= 4 is 23.2 Å². The first-order chi connectivity index (χ1) is 13.9. The zero-order valence-electron chi connectivity index (χ0n) is 16.8. The highest BCUT2D eigenvalue weighted by Crippen LogP contribution is 2.31. The average Bonchev–Trinajstić information content (AvgIpc) is 2.71. The predicted octanol–water partition coefficient (Wildman–Crippen LogP) is 5.00. The highest BCUT2D eigenvalue weighted by atomic mass is 19.1. The third kappa shape index (κ3) is 6.04.